The highest BCUT2D eigenvalue weighted by Gasteiger charge is 2.45. The van der Waals surface area contributed by atoms with Gasteiger partial charge in [0.1, 0.15) is 24.4 Å². The van der Waals surface area contributed by atoms with Gasteiger partial charge in [0.05, 0.1) is 19.3 Å². The standard InChI is InChI=1S/C22H24O11/c1-31-21-15(32-22-20(30)19(29)18(28)16(9-23)33-22)7-4-11(17(21)27)12(24)5-2-10-3-6-13(25)14(26)8-10/h2-8,16,18-20,22-23,25-30H,9H2,1H3/b5-2+. The summed E-state index contributed by atoms with van der Waals surface area (Å²) in [5, 5.41) is 68.6. The Balaban J connectivity index is 1.82. The second kappa shape index (κ2) is 10.1. The van der Waals surface area contributed by atoms with Crippen LogP contribution in [0.4, 0.5) is 0 Å². The van der Waals surface area contributed by atoms with Gasteiger partial charge in [-0.2, -0.15) is 0 Å². The number of aliphatic hydroxyl groups is 4. The molecule has 0 radical (unpaired) electrons. The number of ether oxygens (including phenoxy) is 3. The largest absolute Gasteiger partial charge is 0.504 e. The fourth-order valence-electron chi connectivity index (χ4n) is 3.24. The molecule has 0 saturated carbocycles. The number of carbonyl (C=O) groups excluding carboxylic acids is 1. The Hall–Kier alpha value is -3.35. The average Bonchev–Trinajstić information content (AvgIpc) is 2.80. The number of benzene rings is 2. The molecule has 5 unspecified atom stereocenters. The molecule has 0 amide bonds. The van der Waals surface area contributed by atoms with Crippen LogP contribution < -0.4 is 9.47 Å². The molecule has 1 aliphatic heterocycles. The first-order valence-corrected chi connectivity index (χ1v) is 9.79. The maximum atomic E-state index is 12.6. The predicted molar refractivity (Wildman–Crippen MR) is 112 cm³/mol. The van der Waals surface area contributed by atoms with E-state index in [2.05, 4.69) is 0 Å². The lowest BCUT2D eigenvalue weighted by Crippen LogP contribution is -2.60. The van der Waals surface area contributed by atoms with Gasteiger partial charge in [-0.05, 0) is 35.9 Å². The summed E-state index contributed by atoms with van der Waals surface area (Å²) in [6.07, 6.45) is -5.12. The number of phenols is 3. The average molecular weight is 464 g/mol. The van der Waals surface area contributed by atoms with E-state index in [-0.39, 0.29) is 28.6 Å². The van der Waals surface area contributed by atoms with Crippen molar-refractivity contribution < 1.29 is 54.8 Å². The summed E-state index contributed by atoms with van der Waals surface area (Å²) in [6.45, 7) is -0.647. The van der Waals surface area contributed by atoms with Gasteiger partial charge in [-0.3, -0.25) is 4.79 Å². The molecule has 0 aliphatic carbocycles. The van der Waals surface area contributed by atoms with Crippen molar-refractivity contribution in [2.75, 3.05) is 13.7 Å². The monoisotopic (exact) mass is 464 g/mol. The van der Waals surface area contributed by atoms with E-state index in [1.807, 2.05) is 0 Å². The summed E-state index contributed by atoms with van der Waals surface area (Å²) in [6, 6.07) is 6.48. The SMILES string of the molecule is COc1c(OC2OC(CO)C(O)C(O)C2O)ccc(C(=O)/C=C/c2ccc(O)c(O)c2)c1O. The van der Waals surface area contributed by atoms with Crippen molar-refractivity contribution in [3.8, 4) is 28.7 Å². The summed E-state index contributed by atoms with van der Waals surface area (Å²) in [7, 11) is 1.21. The van der Waals surface area contributed by atoms with Crippen LogP contribution in [-0.4, -0.2) is 86.0 Å². The number of aromatic hydroxyl groups is 3. The Kier molecular flexibility index (Phi) is 7.41. The first-order valence-electron chi connectivity index (χ1n) is 9.79. The Morgan fingerprint density at radius 2 is 1.76 bits per heavy atom. The molecule has 7 N–H and O–H groups in total. The molecule has 0 aromatic heterocycles. The third-order valence-corrected chi connectivity index (χ3v) is 5.08. The first kappa shape index (κ1) is 24.3. The molecular formula is C22H24O11. The second-order valence-electron chi connectivity index (χ2n) is 7.25. The molecule has 1 heterocycles. The van der Waals surface area contributed by atoms with E-state index in [9.17, 15) is 40.5 Å². The molecule has 33 heavy (non-hydrogen) atoms. The highest BCUT2D eigenvalue weighted by atomic mass is 16.7. The van der Waals surface area contributed by atoms with Gasteiger partial charge in [0.15, 0.2) is 28.8 Å². The summed E-state index contributed by atoms with van der Waals surface area (Å²) in [5.41, 5.74) is 0.278. The van der Waals surface area contributed by atoms with Crippen LogP contribution in [0.5, 0.6) is 28.7 Å². The van der Waals surface area contributed by atoms with Crippen LogP contribution in [0, 0.1) is 0 Å². The normalized spacial score (nSPS) is 25.2. The van der Waals surface area contributed by atoms with Gasteiger partial charge in [0.2, 0.25) is 12.0 Å². The highest BCUT2D eigenvalue weighted by molar-refractivity contribution is 6.09. The number of rotatable bonds is 7. The zero-order chi connectivity index (χ0) is 24.3. The maximum absolute atomic E-state index is 12.6. The fourth-order valence-corrected chi connectivity index (χ4v) is 3.24. The summed E-state index contributed by atoms with van der Waals surface area (Å²) in [4.78, 5) is 12.6. The van der Waals surface area contributed by atoms with Crippen LogP contribution in [0.25, 0.3) is 6.08 Å². The molecule has 11 heteroatoms. The van der Waals surface area contributed by atoms with Crippen LogP contribution >= 0.6 is 0 Å². The van der Waals surface area contributed by atoms with E-state index in [1.165, 1.54) is 43.5 Å². The Morgan fingerprint density at radius 3 is 2.39 bits per heavy atom. The zero-order valence-corrected chi connectivity index (χ0v) is 17.4. The minimum Gasteiger partial charge on any atom is -0.504 e. The quantitative estimate of drug-likeness (QED) is 0.165. The van der Waals surface area contributed by atoms with E-state index in [0.29, 0.717) is 5.56 Å². The fraction of sp³-hybridized carbons (Fsp3) is 0.318. The minimum atomic E-state index is -1.68. The minimum absolute atomic E-state index is 0.136. The number of aliphatic hydroxyl groups excluding tert-OH is 4. The van der Waals surface area contributed by atoms with Crippen LogP contribution in [-0.2, 0) is 4.74 Å². The lowest BCUT2D eigenvalue weighted by molar-refractivity contribution is -0.277. The van der Waals surface area contributed by atoms with Crippen molar-refractivity contribution in [2.45, 2.75) is 30.7 Å². The smallest absolute Gasteiger partial charge is 0.229 e. The third kappa shape index (κ3) is 5.02. The number of phenolic OH excluding ortho intramolecular Hbond substituents is 3. The predicted octanol–water partition coefficient (Wildman–Crippen LogP) is -0.113. The Labute approximate surface area is 188 Å². The molecule has 2 aromatic carbocycles. The number of allylic oxidation sites excluding steroid dienone is 1. The van der Waals surface area contributed by atoms with E-state index < -0.39 is 48.8 Å². The lowest BCUT2D eigenvalue weighted by atomic mass is 9.99. The molecule has 5 atom stereocenters. The van der Waals surface area contributed by atoms with Gasteiger partial charge in [-0.15, -0.1) is 0 Å². The molecule has 0 bridgehead atoms. The Morgan fingerprint density at radius 1 is 1.03 bits per heavy atom. The number of hydrogen-bond donors (Lipinski definition) is 7. The van der Waals surface area contributed by atoms with Crippen molar-refractivity contribution in [1.29, 1.82) is 0 Å². The molecule has 11 nitrogen and oxygen atoms in total. The molecule has 2 aromatic rings. The van der Waals surface area contributed by atoms with Crippen molar-refractivity contribution >= 4 is 11.9 Å². The second-order valence-corrected chi connectivity index (χ2v) is 7.25. The van der Waals surface area contributed by atoms with Crippen molar-refractivity contribution in [3.63, 3.8) is 0 Å². The molecule has 1 aliphatic rings. The highest BCUT2D eigenvalue weighted by Crippen LogP contribution is 2.41. The van der Waals surface area contributed by atoms with E-state index >= 15 is 0 Å². The molecule has 3 rings (SSSR count). The zero-order valence-electron chi connectivity index (χ0n) is 17.4. The van der Waals surface area contributed by atoms with Gasteiger partial charge in [-0.25, -0.2) is 0 Å². The van der Waals surface area contributed by atoms with Gasteiger partial charge in [0.25, 0.3) is 0 Å². The van der Waals surface area contributed by atoms with Gasteiger partial charge < -0.3 is 50.0 Å². The third-order valence-electron chi connectivity index (χ3n) is 5.08. The number of methoxy groups -OCH3 is 1. The molecule has 178 valence electrons. The molecule has 1 fully saturated rings. The van der Waals surface area contributed by atoms with Gasteiger partial charge >= 0.3 is 0 Å². The van der Waals surface area contributed by atoms with Crippen LogP contribution in [0.15, 0.2) is 36.4 Å². The van der Waals surface area contributed by atoms with Crippen molar-refractivity contribution in [2.24, 2.45) is 0 Å². The van der Waals surface area contributed by atoms with Crippen molar-refractivity contribution in [3.05, 3.63) is 47.5 Å². The van der Waals surface area contributed by atoms with Crippen LogP contribution in [0.3, 0.4) is 0 Å². The maximum Gasteiger partial charge on any atom is 0.229 e. The van der Waals surface area contributed by atoms with Gasteiger partial charge in [-0.1, -0.05) is 12.1 Å². The molecular weight excluding hydrogens is 440 g/mol. The Bertz CT molecular complexity index is 1030. The summed E-state index contributed by atoms with van der Waals surface area (Å²) in [5.74, 6) is -2.24. The van der Waals surface area contributed by atoms with Crippen molar-refractivity contribution in [1.82, 2.24) is 0 Å². The van der Waals surface area contributed by atoms with E-state index in [1.54, 1.807) is 0 Å². The van der Waals surface area contributed by atoms with E-state index in [4.69, 9.17) is 14.2 Å². The van der Waals surface area contributed by atoms with Crippen LogP contribution in [0.2, 0.25) is 0 Å². The number of hydrogen-bond acceptors (Lipinski definition) is 11. The molecule has 1 saturated heterocycles. The number of carbonyl (C=O) groups is 1. The molecule has 0 spiro atoms. The topological polar surface area (TPSA) is 186 Å². The summed E-state index contributed by atoms with van der Waals surface area (Å²) < 4.78 is 15.9. The number of ketones is 1. The lowest BCUT2D eigenvalue weighted by Gasteiger charge is -2.39. The summed E-state index contributed by atoms with van der Waals surface area (Å²) >= 11 is 0. The first-order chi connectivity index (χ1) is 15.7. The van der Waals surface area contributed by atoms with Gasteiger partial charge in [0, 0.05) is 0 Å². The van der Waals surface area contributed by atoms with Crippen LogP contribution in [0.1, 0.15) is 15.9 Å². The van der Waals surface area contributed by atoms with E-state index in [0.717, 1.165) is 6.08 Å².